The highest BCUT2D eigenvalue weighted by Crippen LogP contribution is 2.26. The lowest BCUT2D eigenvalue weighted by Gasteiger charge is -2.20. The molecule has 0 bridgehead atoms. The van der Waals surface area contributed by atoms with Crippen LogP contribution in [0.4, 0.5) is 0 Å². The smallest absolute Gasteiger partial charge is 0.244 e. The van der Waals surface area contributed by atoms with Gasteiger partial charge in [-0.25, -0.2) is 4.68 Å². The van der Waals surface area contributed by atoms with Crippen LogP contribution < -0.4 is 5.73 Å². The van der Waals surface area contributed by atoms with Gasteiger partial charge in [-0.3, -0.25) is 4.79 Å². The zero-order valence-corrected chi connectivity index (χ0v) is 9.62. The Labute approximate surface area is 99.2 Å². The van der Waals surface area contributed by atoms with Crippen LogP contribution in [0.2, 0.25) is 0 Å². The fraction of sp³-hybridized carbons (Fsp3) is 0.700. The molecule has 1 aliphatic carbocycles. The van der Waals surface area contributed by atoms with Crippen LogP contribution in [0.15, 0.2) is 6.20 Å². The first-order valence-electron chi connectivity index (χ1n) is 5.74. The fourth-order valence-corrected chi connectivity index (χ4v) is 1.74. The minimum absolute atomic E-state index is 0.00630. The molecule has 17 heavy (non-hydrogen) atoms. The largest absolute Gasteiger partial charge is 0.395 e. The van der Waals surface area contributed by atoms with Gasteiger partial charge in [-0.2, -0.15) is 0 Å². The number of nitrogens with zero attached hydrogens (tertiary/aromatic N) is 4. The maximum Gasteiger partial charge on any atom is 0.244 e. The van der Waals surface area contributed by atoms with E-state index in [9.17, 15) is 4.79 Å². The van der Waals surface area contributed by atoms with Gasteiger partial charge in [-0.15, -0.1) is 5.10 Å². The molecular weight excluding hydrogens is 222 g/mol. The zero-order valence-electron chi connectivity index (χ0n) is 9.62. The Morgan fingerprint density at radius 1 is 1.65 bits per heavy atom. The third kappa shape index (κ3) is 3.01. The van der Waals surface area contributed by atoms with Gasteiger partial charge in [0, 0.05) is 19.1 Å². The number of carbonyl (C=O) groups is 1. The number of aliphatic hydroxyl groups excluding tert-OH is 1. The van der Waals surface area contributed by atoms with E-state index in [1.807, 2.05) is 0 Å². The molecule has 1 aromatic heterocycles. The van der Waals surface area contributed by atoms with Crippen molar-refractivity contribution >= 4 is 5.91 Å². The predicted octanol–water partition coefficient (Wildman–Crippen LogP) is -1.28. The van der Waals surface area contributed by atoms with E-state index in [-0.39, 0.29) is 19.1 Å². The average molecular weight is 239 g/mol. The van der Waals surface area contributed by atoms with Crippen LogP contribution in [0.3, 0.4) is 0 Å². The molecule has 0 atom stereocenters. The minimum Gasteiger partial charge on any atom is -0.395 e. The van der Waals surface area contributed by atoms with Gasteiger partial charge in [0.15, 0.2) is 0 Å². The minimum atomic E-state index is -0.0324. The molecular formula is C10H17N5O2. The van der Waals surface area contributed by atoms with Crippen LogP contribution in [0.5, 0.6) is 0 Å². The molecule has 7 nitrogen and oxygen atoms in total. The predicted molar refractivity (Wildman–Crippen MR) is 59.7 cm³/mol. The molecule has 1 saturated carbocycles. The molecule has 0 aliphatic heterocycles. The highest BCUT2D eigenvalue weighted by Gasteiger charge is 2.32. The summed E-state index contributed by atoms with van der Waals surface area (Å²) in [5.74, 6) is -0.0324. The van der Waals surface area contributed by atoms with Crippen LogP contribution >= 0.6 is 0 Å². The molecule has 0 spiro atoms. The molecule has 0 saturated heterocycles. The van der Waals surface area contributed by atoms with Gasteiger partial charge in [-0.05, 0) is 12.8 Å². The Bertz CT molecular complexity index is 388. The van der Waals surface area contributed by atoms with Gasteiger partial charge < -0.3 is 15.7 Å². The van der Waals surface area contributed by atoms with Crippen LogP contribution in [-0.4, -0.2) is 50.1 Å². The van der Waals surface area contributed by atoms with E-state index in [0.29, 0.717) is 24.8 Å². The Morgan fingerprint density at radius 3 is 2.94 bits per heavy atom. The number of hydrogen-bond donors (Lipinski definition) is 2. The Morgan fingerprint density at radius 2 is 2.41 bits per heavy atom. The maximum atomic E-state index is 12.0. The second-order valence-electron chi connectivity index (χ2n) is 4.15. The maximum absolute atomic E-state index is 12.0. The van der Waals surface area contributed by atoms with E-state index in [0.717, 1.165) is 12.8 Å². The molecule has 0 radical (unpaired) electrons. The van der Waals surface area contributed by atoms with E-state index in [1.165, 1.54) is 4.68 Å². The summed E-state index contributed by atoms with van der Waals surface area (Å²) >= 11 is 0. The lowest BCUT2D eigenvalue weighted by Crippen LogP contribution is -2.37. The molecule has 94 valence electrons. The number of carbonyl (C=O) groups excluding carboxylic acids is 1. The number of amides is 1. The number of hydrogen-bond acceptors (Lipinski definition) is 5. The normalized spacial score (nSPS) is 14.9. The zero-order chi connectivity index (χ0) is 12.3. The molecule has 0 aromatic carbocycles. The lowest BCUT2D eigenvalue weighted by molar-refractivity contribution is -0.133. The first kappa shape index (κ1) is 12.0. The van der Waals surface area contributed by atoms with Crippen molar-refractivity contribution in [1.82, 2.24) is 19.9 Å². The van der Waals surface area contributed by atoms with Crippen LogP contribution in [0.1, 0.15) is 18.5 Å². The molecule has 1 amide bonds. The van der Waals surface area contributed by atoms with Crippen molar-refractivity contribution in [2.24, 2.45) is 5.73 Å². The van der Waals surface area contributed by atoms with Crippen molar-refractivity contribution in [3.05, 3.63) is 11.9 Å². The standard InChI is InChI=1S/C10H17N5O2/c11-5-8-6-14(13-12-8)7-10(17)15(3-4-16)9-1-2-9/h6,9,16H,1-5,7,11H2. The van der Waals surface area contributed by atoms with E-state index in [2.05, 4.69) is 10.3 Å². The summed E-state index contributed by atoms with van der Waals surface area (Å²) in [6.07, 6.45) is 3.72. The van der Waals surface area contributed by atoms with Crippen LogP contribution in [0, 0.1) is 0 Å². The van der Waals surface area contributed by atoms with Crippen LogP contribution in [-0.2, 0) is 17.9 Å². The van der Waals surface area contributed by atoms with Crippen molar-refractivity contribution in [2.45, 2.75) is 32.0 Å². The second-order valence-corrected chi connectivity index (χ2v) is 4.15. The topological polar surface area (TPSA) is 97.3 Å². The molecule has 1 aromatic rings. The van der Waals surface area contributed by atoms with Gasteiger partial charge in [0.05, 0.1) is 18.5 Å². The van der Waals surface area contributed by atoms with Gasteiger partial charge in [0.1, 0.15) is 6.54 Å². The third-order valence-electron chi connectivity index (χ3n) is 2.74. The summed E-state index contributed by atoms with van der Waals surface area (Å²) < 4.78 is 1.48. The quantitative estimate of drug-likeness (QED) is 0.644. The number of rotatable bonds is 6. The monoisotopic (exact) mass is 239 g/mol. The van der Waals surface area contributed by atoms with Crippen molar-refractivity contribution in [3.63, 3.8) is 0 Å². The first-order chi connectivity index (χ1) is 8.24. The van der Waals surface area contributed by atoms with Crippen molar-refractivity contribution in [1.29, 1.82) is 0 Å². The highest BCUT2D eigenvalue weighted by molar-refractivity contribution is 5.76. The van der Waals surface area contributed by atoms with Gasteiger partial charge in [-0.1, -0.05) is 5.21 Å². The molecule has 1 aliphatic rings. The Hall–Kier alpha value is -1.47. The molecule has 7 heteroatoms. The SMILES string of the molecule is NCc1cn(CC(=O)N(CCO)C2CC2)nn1. The molecule has 2 rings (SSSR count). The summed E-state index contributed by atoms with van der Waals surface area (Å²) in [4.78, 5) is 13.7. The van der Waals surface area contributed by atoms with Gasteiger partial charge >= 0.3 is 0 Å². The Balaban J connectivity index is 1.94. The highest BCUT2D eigenvalue weighted by atomic mass is 16.3. The lowest BCUT2D eigenvalue weighted by atomic mass is 10.4. The second kappa shape index (κ2) is 5.24. The summed E-state index contributed by atoms with van der Waals surface area (Å²) in [7, 11) is 0. The van der Waals surface area contributed by atoms with E-state index < -0.39 is 0 Å². The fourth-order valence-electron chi connectivity index (χ4n) is 1.74. The van der Waals surface area contributed by atoms with Crippen molar-refractivity contribution in [3.8, 4) is 0 Å². The van der Waals surface area contributed by atoms with Crippen LogP contribution in [0.25, 0.3) is 0 Å². The molecule has 0 unspecified atom stereocenters. The summed E-state index contributed by atoms with van der Waals surface area (Å²) in [6.45, 7) is 0.857. The van der Waals surface area contributed by atoms with Crippen molar-refractivity contribution < 1.29 is 9.90 Å². The summed E-state index contributed by atoms with van der Waals surface area (Å²) in [5.41, 5.74) is 6.08. The van der Waals surface area contributed by atoms with E-state index in [1.54, 1.807) is 11.1 Å². The van der Waals surface area contributed by atoms with Crippen molar-refractivity contribution in [2.75, 3.05) is 13.2 Å². The van der Waals surface area contributed by atoms with E-state index >= 15 is 0 Å². The third-order valence-corrected chi connectivity index (χ3v) is 2.74. The Kier molecular flexibility index (Phi) is 3.70. The summed E-state index contributed by atoms with van der Waals surface area (Å²) in [5, 5.41) is 16.6. The molecule has 3 N–H and O–H groups in total. The molecule has 1 fully saturated rings. The number of nitrogens with two attached hydrogens (primary N) is 1. The summed E-state index contributed by atoms with van der Waals surface area (Å²) in [6, 6.07) is 0.298. The number of aliphatic hydroxyl groups is 1. The first-order valence-corrected chi connectivity index (χ1v) is 5.74. The number of aromatic nitrogens is 3. The van der Waals surface area contributed by atoms with Gasteiger partial charge in [0.25, 0.3) is 0 Å². The molecule has 1 heterocycles. The van der Waals surface area contributed by atoms with E-state index in [4.69, 9.17) is 10.8 Å². The average Bonchev–Trinajstić information content (AvgIpc) is 3.06. The van der Waals surface area contributed by atoms with Gasteiger partial charge in [0.2, 0.25) is 5.91 Å².